The molecule has 0 spiro atoms. The number of hydrogen-bond donors (Lipinski definition) is 3. The number of nitrogens with zero attached hydrogens (tertiary/aromatic N) is 2. The van der Waals surface area contributed by atoms with Gasteiger partial charge in [0.15, 0.2) is 5.82 Å². The number of nitro benzene ring substituents is 1. The maximum atomic E-state index is 12.1. The molecule has 1 heterocycles. The zero-order chi connectivity index (χ0) is 21.5. The summed E-state index contributed by atoms with van der Waals surface area (Å²) in [5.41, 5.74) is -0.274. The second kappa shape index (κ2) is 9.41. The standard InChI is InChI=1S/C20H19N5O5/c26-17(12-13-6-1-4-9-16(13)25(29)30)20(28)22-11-5-10-21-18-14-7-2-3-8-15(14)19(27)24-23-18/h1-4,6-9H,5,10-12H2,(H,21,23)(H,22,28)(H,24,27). The maximum absolute atomic E-state index is 12.1. The quantitative estimate of drug-likeness (QED) is 0.210. The first-order chi connectivity index (χ1) is 14.5. The molecule has 3 N–H and O–H groups in total. The number of Topliss-reactive ketones (excluding diaryl/α,β-unsaturated/α-hetero) is 1. The lowest BCUT2D eigenvalue weighted by Crippen LogP contribution is -2.33. The summed E-state index contributed by atoms with van der Waals surface area (Å²) in [4.78, 5) is 46.2. The summed E-state index contributed by atoms with van der Waals surface area (Å²) in [6.45, 7) is 0.678. The average molecular weight is 409 g/mol. The summed E-state index contributed by atoms with van der Waals surface area (Å²) >= 11 is 0. The second-order valence-corrected chi connectivity index (χ2v) is 6.47. The van der Waals surface area contributed by atoms with Gasteiger partial charge in [-0.1, -0.05) is 36.4 Å². The first-order valence-electron chi connectivity index (χ1n) is 9.22. The van der Waals surface area contributed by atoms with E-state index in [2.05, 4.69) is 20.8 Å². The minimum Gasteiger partial charge on any atom is -0.368 e. The van der Waals surface area contributed by atoms with Crippen molar-refractivity contribution in [1.82, 2.24) is 15.5 Å². The van der Waals surface area contributed by atoms with Crippen LogP contribution in [0.4, 0.5) is 11.5 Å². The van der Waals surface area contributed by atoms with E-state index in [1.807, 2.05) is 0 Å². The maximum Gasteiger partial charge on any atom is 0.287 e. The molecule has 10 heteroatoms. The van der Waals surface area contributed by atoms with Crippen LogP contribution in [0.25, 0.3) is 10.8 Å². The molecule has 0 fully saturated rings. The molecule has 0 saturated carbocycles. The summed E-state index contributed by atoms with van der Waals surface area (Å²) in [5, 5.41) is 24.2. The van der Waals surface area contributed by atoms with E-state index in [9.17, 15) is 24.5 Å². The first kappa shape index (κ1) is 20.6. The van der Waals surface area contributed by atoms with Gasteiger partial charge in [0.25, 0.3) is 17.2 Å². The largest absolute Gasteiger partial charge is 0.368 e. The highest BCUT2D eigenvalue weighted by atomic mass is 16.6. The van der Waals surface area contributed by atoms with Gasteiger partial charge in [0.2, 0.25) is 5.78 Å². The summed E-state index contributed by atoms with van der Waals surface area (Å²) < 4.78 is 0. The number of carbonyl (C=O) groups is 2. The molecule has 3 aromatic rings. The van der Waals surface area contributed by atoms with Gasteiger partial charge in [-0.05, 0) is 12.5 Å². The van der Waals surface area contributed by atoms with Gasteiger partial charge in [-0.25, -0.2) is 5.10 Å². The van der Waals surface area contributed by atoms with Crippen molar-refractivity contribution in [2.24, 2.45) is 0 Å². The molecule has 154 valence electrons. The molecule has 1 aromatic heterocycles. The molecule has 3 rings (SSSR count). The Kier molecular flexibility index (Phi) is 6.48. The molecular formula is C20H19N5O5. The molecule has 10 nitrogen and oxygen atoms in total. The number of aromatic nitrogens is 2. The number of nitrogens with one attached hydrogen (secondary N) is 3. The highest BCUT2D eigenvalue weighted by Crippen LogP contribution is 2.18. The van der Waals surface area contributed by atoms with E-state index in [-0.39, 0.29) is 29.8 Å². The Hall–Kier alpha value is -4.08. The summed E-state index contributed by atoms with van der Waals surface area (Å²) in [6.07, 6.45) is 0.161. The SMILES string of the molecule is O=C(Cc1ccccc1[N+](=O)[O-])C(=O)NCCCNc1n[nH]c(=O)c2ccccc12. The molecule has 0 bridgehead atoms. The molecule has 30 heavy (non-hydrogen) atoms. The average Bonchev–Trinajstić information content (AvgIpc) is 2.75. The zero-order valence-corrected chi connectivity index (χ0v) is 15.9. The molecule has 0 aliphatic heterocycles. The van der Waals surface area contributed by atoms with Crippen LogP contribution in [0.5, 0.6) is 0 Å². The predicted molar refractivity (Wildman–Crippen MR) is 110 cm³/mol. The first-order valence-corrected chi connectivity index (χ1v) is 9.22. The lowest BCUT2D eigenvalue weighted by atomic mass is 10.1. The van der Waals surface area contributed by atoms with Crippen molar-refractivity contribution in [3.63, 3.8) is 0 Å². The van der Waals surface area contributed by atoms with Crippen molar-refractivity contribution >= 4 is 34.0 Å². The Bertz CT molecular complexity index is 1160. The van der Waals surface area contributed by atoms with Crippen molar-refractivity contribution in [3.8, 4) is 0 Å². The number of fused-ring (bicyclic) bond motifs is 1. The summed E-state index contributed by atoms with van der Waals surface area (Å²) in [5.74, 6) is -1.02. The van der Waals surface area contributed by atoms with E-state index in [0.717, 1.165) is 0 Å². The van der Waals surface area contributed by atoms with Gasteiger partial charge < -0.3 is 10.6 Å². The third-order valence-corrected chi connectivity index (χ3v) is 4.42. The number of para-hydroxylation sites is 1. The van der Waals surface area contributed by atoms with Crippen molar-refractivity contribution < 1.29 is 14.5 Å². The number of nitro groups is 1. The predicted octanol–water partition coefficient (Wildman–Crippen LogP) is 1.56. The van der Waals surface area contributed by atoms with Gasteiger partial charge in [-0.15, -0.1) is 0 Å². The number of aromatic amines is 1. The number of amides is 1. The Labute approximate surface area is 170 Å². The van der Waals surface area contributed by atoms with Crippen LogP contribution >= 0.6 is 0 Å². The van der Waals surface area contributed by atoms with Crippen LogP contribution in [-0.2, 0) is 16.0 Å². The fourth-order valence-corrected chi connectivity index (χ4v) is 2.94. The van der Waals surface area contributed by atoms with E-state index in [4.69, 9.17) is 0 Å². The van der Waals surface area contributed by atoms with Crippen LogP contribution in [-0.4, -0.2) is 39.9 Å². The van der Waals surface area contributed by atoms with Crippen LogP contribution in [0.1, 0.15) is 12.0 Å². The third kappa shape index (κ3) is 4.85. The van der Waals surface area contributed by atoms with Gasteiger partial charge in [-0.3, -0.25) is 24.5 Å². The van der Waals surface area contributed by atoms with Crippen molar-refractivity contribution in [2.75, 3.05) is 18.4 Å². The fraction of sp³-hybridized carbons (Fsp3) is 0.200. The molecule has 0 radical (unpaired) electrons. The van der Waals surface area contributed by atoms with E-state index < -0.39 is 16.6 Å². The highest BCUT2D eigenvalue weighted by Gasteiger charge is 2.19. The molecular weight excluding hydrogens is 390 g/mol. The Morgan fingerprint density at radius 3 is 2.50 bits per heavy atom. The van der Waals surface area contributed by atoms with Crippen LogP contribution in [0, 0.1) is 10.1 Å². The molecule has 0 saturated heterocycles. The van der Waals surface area contributed by atoms with Gasteiger partial charge in [0.05, 0.1) is 10.3 Å². The lowest BCUT2D eigenvalue weighted by molar-refractivity contribution is -0.385. The Morgan fingerprint density at radius 1 is 1.03 bits per heavy atom. The van der Waals surface area contributed by atoms with Gasteiger partial charge in [0, 0.05) is 36.5 Å². The number of benzene rings is 2. The summed E-state index contributed by atoms with van der Waals surface area (Å²) in [7, 11) is 0. The number of rotatable bonds is 9. The lowest BCUT2D eigenvalue weighted by Gasteiger charge is -2.08. The van der Waals surface area contributed by atoms with E-state index >= 15 is 0 Å². The topological polar surface area (TPSA) is 147 Å². The molecule has 2 aromatic carbocycles. The number of ketones is 1. The van der Waals surface area contributed by atoms with Crippen molar-refractivity contribution in [1.29, 1.82) is 0 Å². The highest BCUT2D eigenvalue weighted by molar-refractivity contribution is 6.36. The fourth-order valence-electron chi connectivity index (χ4n) is 2.94. The van der Waals surface area contributed by atoms with E-state index in [1.54, 1.807) is 30.3 Å². The molecule has 0 unspecified atom stereocenters. The van der Waals surface area contributed by atoms with E-state index in [1.165, 1.54) is 18.2 Å². The van der Waals surface area contributed by atoms with Gasteiger partial charge in [-0.2, -0.15) is 5.10 Å². The third-order valence-electron chi connectivity index (χ3n) is 4.42. The Morgan fingerprint density at radius 2 is 1.73 bits per heavy atom. The van der Waals surface area contributed by atoms with Crippen LogP contribution in [0.3, 0.4) is 0 Å². The minimum atomic E-state index is -0.791. The number of carbonyl (C=O) groups excluding carboxylic acids is 2. The van der Waals surface area contributed by atoms with Crippen LogP contribution in [0.15, 0.2) is 53.3 Å². The second-order valence-electron chi connectivity index (χ2n) is 6.47. The zero-order valence-electron chi connectivity index (χ0n) is 15.9. The number of H-pyrrole nitrogens is 1. The molecule has 1 amide bonds. The monoisotopic (exact) mass is 409 g/mol. The van der Waals surface area contributed by atoms with E-state index in [0.29, 0.717) is 29.6 Å². The van der Waals surface area contributed by atoms with Crippen LogP contribution < -0.4 is 16.2 Å². The number of anilines is 1. The van der Waals surface area contributed by atoms with Crippen molar-refractivity contribution in [2.45, 2.75) is 12.8 Å². The van der Waals surface area contributed by atoms with Crippen molar-refractivity contribution in [3.05, 3.63) is 74.6 Å². The molecule has 0 atom stereocenters. The Balaban J connectivity index is 1.48. The van der Waals surface area contributed by atoms with Gasteiger partial charge >= 0.3 is 0 Å². The minimum absolute atomic E-state index is 0.191. The molecule has 0 aliphatic rings. The van der Waals surface area contributed by atoms with Crippen LogP contribution in [0.2, 0.25) is 0 Å². The smallest absolute Gasteiger partial charge is 0.287 e. The number of hydrogen-bond acceptors (Lipinski definition) is 7. The normalized spacial score (nSPS) is 10.5. The summed E-state index contributed by atoms with van der Waals surface area (Å²) in [6, 6.07) is 12.9. The van der Waals surface area contributed by atoms with Gasteiger partial charge in [0.1, 0.15) is 0 Å². The molecule has 0 aliphatic carbocycles.